The summed E-state index contributed by atoms with van der Waals surface area (Å²) in [6, 6.07) is 1.33. The van der Waals surface area contributed by atoms with Crippen molar-refractivity contribution in [2.24, 2.45) is 0 Å². The highest BCUT2D eigenvalue weighted by Gasteiger charge is 2.09. The number of amides is 3. The fourth-order valence-electron chi connectivity index (χ4n) is 1.20. The van der Waals surface area contributed by atoms with Crippen molar-refractivity contribution in [3.8, 4) is 0 Å². The van der Waals surface area contributed by atoms with Gasteiger partial charge in [-0.2, -0.15) is 0 Å². The molecule has 0 saturated carbocycles. The first-order chi connectivity index (χ1) is 8.49. The fraction of sp³-hybridized carbons (Fsp3) is 0.364. The number of hydrogen-bond donors (Lipinski definition) is 3. The lowest BCUT2D eigenvalue weighted by atomic mass is 10.3. The zero-order valence-corrected chi connectivity index (χ0v) is 10.7. The van der Waals surface area contributed by atoms with Crippen molar-refractivity contribution in [3.63, 3.8) is 0 Å². The number of hydrogen-bond acceptors (Lipinski definition) is 4. The van der Waals surface area contributed by atoms with Gasteiger partial charge in [0.1, 0.15) is 0 Å². The number of nitrogens with one attached hydrogen (secondary N) is 2. The van der Waals surface area contributed by atoms with Crippen LogP contribution in [0.2, 0.25) is 0 Å². The first kappa shape index (κ1) is 14.2. The molecule has 1 aromatic heterocycles. The Hall–Kier alpha value is -1.89. The number of urea groups is 1. The highest BCUT2D eigenvalue weighted by Crippen LogP contribution is 2.14. The summed E-state index contributed by atoms with van der Waals surface area (Å²) in [4.78, 5) is 33.7. The maximum absolute atomic E-state index is 11.3. The van der Waals surface area contributed by atoms with Crippen molar-refractivity contribution in [3.05, 3.63) is 21.9 Å². The van der Waals surface area contributed by atoms with Gasteiger partial charge in [-0.25, -0.2) is 4.79 Å². The van der Waals surface area contributed by atoms with Crippen LogP contribution < -0.4 is 10.6 Å². The lowest BCUT2D eigenvalue weighted by Gasteiger charge is -2.05. The van der Waals surface area contributed by atoms with E-state index < -0.39 is 17.9 Å². The molecule has 0 fully saturated rings. The third-order valence-corrected chi connectivity index (χ3v) is 3.22. The minimum absolute atomic E-state index is 0.208. The van der Waals surface area contributed by atoms with E-state index in [1.807, 2.05) is 18.4 Å². The topological polar surface area (TPSA) is 95.5 Å². The van der Waals surface area contributed by atoms with Crippen LogP contribution in [0, 0.1) is 6.92 Å². The van der Waals surface area contributed by atoms with Crippen molar-refractivity contribution in [1.29, 1.82) is 0 Å². The van der Waals surface area contributed by atoms with Crippen LogP contribution in [0.4, 0.5) is 4.79 Å². The summed E-state index contributed by atoms with van der Waals surface area (Å²) >= 11 is 1.52. The van der Waals surface area contributed by atoms with Gasteiger partial charge in [-0.1, -0.05) is 0 Å². The summed E-state index contributed by atoms with van der Waals surface area (Å²) in [5, 5.41) is 14.9. The molecule has 0 bridgehead atoms. The normalized spacial score (nSPS) is 9.83. The van der Waals surface area contributed by atoms with Crippen LogP contribution in [-0.2, 0) is 16.1 Å². The first-order valence-corrected chi connectivity index (χ1v) is 6.19. The summed E-state index contributed by atoms with van der Waals surface area (Å²) in [6.07, 6.45) is -0.496. The molecular formula is C11H14N2O4S. The van der Waals surface area contributed by atoms with Crippen molar-refractivity contribution in [1.82, 2.24) is 10.6 Å². The second-order valence-corrected chi connectivity index (χ2v) is 4.65. The minimum atomic E-state index is -1.07. The van der Waals surface area contributed by atoms with Crippen LogP contribution in [0.5, 0.6) is 0 Å². The second kappa shape index (κ2) is 6.75. The standard InChI is InChI=1S/C11H14N2O4S/c1-7-4-5-18-8(7)6-12-11(17)13-9(14)2-3-10(15)16/h4-5H,2-3,6H2,1H3,(H,15,16)(H2,12,13,14,17). The summed E-state index contributed by atoms with van der Waals surface area (Å²) in [5.41, 5.74) is 1.08. The van der Waals surface area contributed by atoms with Gasteiger partial charge in [0.25, 0.3) is 0 Å². The Kier molecular flexibility index (Phi) is 5.31. The number of aryl methyl sites for hydroxylation is 1. The number of carboxylic acid groups (broad SMARTS) is 1. The molecule has 0 atom stereocenters. The van der Waals surface area contributed by atoms with E-state index in [1.54, 1.807) is 0 Å². The summed E-state index contributed by atoms with van der Waals surface area (Å²) in [5.74, 6) is -1.67. The van der Waals surface area contributed by atoms with Crippen LogP contribution >= 0.6 is 11.3 Å². The predicted octanol–water partition coefficient (Wildman–Crippen LogP) is 1.25. The average Bonchev–Trinajstić information content (AvgIpc) is 2.69. The molecule has 0 aliphatic carbocycles. The second-order valence-electron chi connectivity index (χ2n) is 3.65. The first-order valence-electron chi connectivity index (χ1n) is 5.31. The summed E-state index contributed by atoms with van der Waals surface area (Å²) < 4.78 is 0. The average molecular weight is 270 g/mol. The van der Waals surface area contributed by atoms with Gasteiger partial charge in [0, 0.05) is 11.3 Å². The van der Waals surface area contributed by atoms with Crippen LogP contribution in [-0.4, -0.2) is 23.0 Å². The predicted molar refractivity (Wildman–Crippen MR) is 66.3 cm³/mol. The molecular weight excluding hydrogens is 256 g/mol. The van der Waals surface area contributed by atoms with E-state index in [4.69, 9.17) is 5.11 Å². The molecule has 1 heterocycles. The van der Waals surface area contributed by atoms with Gasteiger partial charge in [0.15, 0.2) is 0 Å². The molecule has 1 aromatic rings. The molecule has 98 valence electrons. The van der Waals surface area contributed by atoms with E-state index in [0.717, 1.165) is 10.4 Å². The van der Waals surface area contributed by atoms with Crippen LogP contribution in [0.25, 0.3) is 0 Å². The number of thiophene rings is 1. The molecule has 0 saturated heterocycles. The SMILES string of the molecule is Cc1ccsc1CNC(=O)NC(=O)CCC(=O)O. The molecule has 0 aliphatic heterocycles. The Morgan fingerprint density at radius 1 is 1.33 bits per heavy atom. The molecule has 18 heavy (non-hydrogen) atoms. The maximum atomic E-state index is 11.3. The molecule has 3 amide bonds. The quantitative estimate of drug-likeness (QED) is 0.750. The Bertz CT molecular complexity index is 456. The molecule has 0 spiro atoms. The van der Waals surface area contributed by atoms with Crippen molar-refractivity contribution in [2.45, 2.75) is 26.3 Å². The lowest BCUT2D eigenvalue weighted by Crippen LogP contribution is -2.39. The van der Waals surface area contributed by atoms with E-state index in [2.05, 4.69) is 10.6 Å². The Balaban J connectivity index is 2.27. The molecule has 7 heteroatoms. The van der Waals surface area contributed by atoms with Gasteiger partial charge in [-0.05, 0) is 23.9 Å². The largest absolute Gasteiger partial charge is 0.481 e. The third kappa shape index (κ3) is 4.96. The van der Waals surface area contributed by atoms with Crippen molar-refractivity contribution < 1.29 is 19.5 Å². The van der Waals surface area contributed by atoms with Gasteiger partial charge >= 0.3 is 12.0 Å². The molecule has 0 radical (unpaired) electrons. The van der Waals surface area contributed by atoms with Gasteiger partial charge in [-0.3, -0.25) is 14.9 Å². The molecule has 0 unspecified atom stereocenters. The van der Waals surface area contributed by atoms with Crippen molar-refractivity contribution in [2.75, 3.05) is 0 Å². The molecule has 6 nitrogen and oxygen atoms in total. The number of aliphatic carboxylic acids is 1. The Morgan fingerprint density at radius 2 is 2.06 bits per heavy atom. The summed E-state index contributed by atoms with van der Waals surface area (Å²) in [6.45, 7) is 2.28. The molecule has 1 rings (SSSR count). The maximum Gasteiger partial charge on any atom is 0.321 e. The van der Waals surface area contributed by atoms with E-state index in [9.17, 15) is 14.4 Å². The van der Waals surface area contributed by atoms with E-state index >= 15 is 0 Å². The van der Waals surface area contributed by atoms with Crippen LogP contribution in [0.3, 0.4) is 0 Å². The van der Waals surface area contributed by atoms with Gasteiger partial charge in [-0.15, -0.1) is 11.3 Å². The summed E-state index contributed by atoms with van der Waals surface area (Å²) in [7, 11) is 0. The Morgan fingerprint density at radius 3 is 2.61 bits per heavy atom. The molecule has 0 aliphatic rings. The number of carbonyl (C=O) groups excluding carboxylic acids is 2. The monoisotopic (exact) mass is 270 g/mol. The van der Waals surface area contributed by atoms with Gasteiger partial charge in [0.2, 0.25) is 5.91 Å². The lowest BCUT2D eigenvalue weighted by molar-refractivity contribution is -0.138. The fourth-order valence-corrected chi connectivity index (χ4v) is 2.05. The molecule has 0 aromatic carbocycles. The van der Waals surface area contributed by atoms with Crippen molar-refractivity contribution >= 4 is 29.2 Å². The minimum Gasteiger partial charge on any atom is -0.481 e. The van der Waals surface area contributed by atoms with Crippen LogP contribution in [0.1, 0.15) is 23.3 Å². The van der Waals surface area contributed by atoms with Gasteiger partial charge < -0.3 is 10.4 Å². The highest BCUT2D eigenvalue weighted by atomic mass is 32.1. The number of carbonyl (C=O) groups is 3. The number of imide groups is 1. The third-order valence-electron chi connectivity index (χ3n) is 2.20. The number of carboxylic acids is 1. The molecule has 3 N–H and O–H groups in total. The van der Waals surface area contributed by atoms with E-state index in [-0.39, 0.29) is 12.8 Å². The van der Waals surface area contributed by atoms with E-state index in [1.165, 1.54) is 11.3 Å². The highest BCUT2D eigenvalue weighted by molar-refractivity contribution is 7.10. The van der Waals surface area contributed by atoms with Crippen LogP contribution in [0.15, 0.2) is 11.4 Å². The van der Waals surface area contributed by atoms with Gasteiger partial charge in [0.05, 0.1) is 13.0 Å². The number of rotatable bonds is 5. The smallest absolute Gasteiger partial charge is 0.321 e. The Labute approximate surface area is 108 Å². The van der Waals surface area contributed by atoms with E-state index in [0.29, 0.717) is 6.54 Å². The zero-order valence-electron chi connectivity index (χ0n) is 9.86. The zero-order chi connectivity index (χ0) is 13.5.